The molecule has 0 aliphatic carbocycles. The van der Waals surface area contributed by atoms with Gasteiger partial charge in [-0.3, -0.25) is 0 Å². The van der Waals surface area contributed by atoms with Crippen LogP contribution in [0.25, 0.3) is 5.57 Å². The molecule has 1 aliphatic rings. The lowest BCUT2D eigenvalue weighted by molar-refractivity contribution is 0.431. The molecule has 2 heterocycles. The maximum Gasteiger partial charge on any atom is 0.178 e. The van der Waals surface area contributed by atoms with Crippen molar-refractivity contribution in [3.05, 3.63) is 28.4 Å². The zero-order valence-electron chi connectivity index (χ0n) is 9.81. The zero-order valence-corrected chi connectivity index (χ0v) is 10.6. The average Bonchev–Trinajstić information content (AvgIpc) is 2.38. The Balaban J connectivity index is 2.53. The van der Waals surface area contributed by atoms with Gasteiger partial charge in [-0.15, -0.1) is 0 Å². The molecule has 1 aromatic heterocycles. The van der Waals surface area contributed by atoms with Gasteiger partial charge in [0.1, 0.15) is 17.8 Å². The summed E-state index contributed by atoms with van der Waals surface area (Å²) in [5.41, 5.74) is 1.43. The number of aromatic nitrogens is 2. The molecule has 0 N–H and O–H groups in total. The second kappa shape index (κ2) is 5.03. The predicted octanol–water partition coefficient (Wildman–Crippen LogP) is 1.94. The van der Waals surface area contributed by atoms with Crippen LogP contribution in [0.1, 0.15) is 29.9 Å². The minimum atomic E-state index is -0.0315. The first-order valence-corrected chi connectivity index (χ1v) is 5.82. The Morgan fingerprint density at radius 2 is 1.94 bits per heavy atom. The Morgan fingerprint density at radius 1 is 1.28 bits per heavy atom. The van der Waals surface area contributed by atoms with Gasteiger partial charge in [0.2, 0.25) is 0 Å². The standard InChI is InChI=1S/C12H10ClN5/c1-18-4-2-3-8(7-18)11-12(13)17-10(6-15)9(5-14)16-11/h7H,2-4H2,1H3. The molecule has 0 fully saturated rings. The fourth-order valence-electron chi connectivity index (χ4n) is 1.87. The van der Waals surface area contributed by atoms with E-state index < -0.39 is 0 Å². The van der Waals surface area contributed by atoms with E-state index in [1.807, 2.05) is 30.3 Å². The van der Waals surface area contributed by atoms with Crippen molar-refractivity contribution in [1.82, 2.24) is 14.9 Å². The smallest absolute Gasteiger partial charge is 0.178 e. The minimum absolute atomic E-state index is 0.0195. The van der Waals surface area contributed by atoms with Crippen LogP contribution >= 0.6 is 11.6 Å². The quantitative estimate of drug-likeness (QED) is 0.770. The van der Waals surface area contributed by atoms with Gasteiger partial charge in [0, 0.05) is 19.8 Å². The Labute approximate surface area is 110 Å². The van der Waals surface area contributed by atoms with Crippen LogP contribution in [0.2, 0.25) is 5.15 Å². The molecule has 0 radical (unpaired) electrons. The van der Waals surface area contributed by atoms with Crippen molar-refractivity contribution in [1.29, 1.82) is 10.5 Å². The van der Waals surface area contributed by atoms with Crippen molar-refractivity contribution in [3.8, 4) is 12.1 Å². The van der Waals surface area contributed by atoms with Gasteiger partial charge in [-0.1, -0.05) is 11.6 Å². The Bertz CT molecular complexity index is 594. The molecule has 2 rings (SSSR count). The summed E-state index contributed by atoms with van der Waals surface area (Å²) in [6, 6.07) is 3.68. The summed E-state index contributed by atoms with van der Waals surface area (Å²) in [4.78, 5) is 10.1. The highest BCUT2D eigenvalue weighted by atomic mass is 35.5. The van der Waals surface area contributed by atoms with Gasteiger partial charge in [0.05, 0.1) is 0 Å². The van der Waals surface area contributed by atoms with E-state index in [0.29, 0.717) is 5.69 Å². The molecular formula is C12H10ClN5. The van der Waals surface area contributed by atoms with Gasteiger partial charge in [0.25, 0.3) is 0 Å². The molecular weight excluding hydrogens is 250 g/mol. The normalized spacial score (nSPS) is 14.7. The van der Waals surface area contributed by atoms with Crippen molar-refractivity contribution in [3.63, 3.8) is 0 Å². The van der Waals surface area contributed by atoms with E-state index in [9.17, 15) is 0 Å². The molecule has 1 aliphatic heterocycles. The zero-order chi connectivity index (χ0) is 13.1. The van der Waals surface area contributed by atoms with Crippen LogP contribution < -0.4 is 0 Å². The predicted molar refractivity (Wildman–Crippen MR) is 66.3 cm³/mol. The van der Waals surface area contributed by atoms with Crippen LogP contribution in [-0.2, 0) is 0 Å². The summed E-state index contributed by atoms with van der Waals surface area (Å²) in [6.45, 7) is 0.982. The van der Waals surface area contributed by atoms with Gasteiger partial charge in [-0.2, -0.15) is 10.5 Å². The summed E-state index contributed by atoms with van der Waals surface area (Å²) < 4.78 is 0. The number of nitriles is 2. The molecule has 18 heavy (non-hydrogen) atoms. The van der Waals surface area contributed by atoms with Crippen LogP contribution in [0.5, 0.6) is 0 Å². The Kier molecular flexibility index (Phi) is 3.45. The van der Waals surface area contributed by atoms with Crippen molar-refractivity contribution in [2.75, 3.05) is 13.6 Å². The molecule has 0 saturated carbocycles. The average molecular weight is 260 g/mol. The molecule has 0 saturated heterocycles. The summed E-state index contributed by atoms with van der Waals surface area (Å²) in [5, 5.41) is 17.9. The van der Waals surface area contributed by atoms with Crippen molar-refractivity contribution in [2.45, 2.75) is 12.8 Å². The topological polar surface area (TPSA) is 76.6 Å². The number of allylic oxidation sites excluding steroid dienone is 1. The number of nitrogens with zero attached hydrogens (tertiary/aromatic N) is 5. The summed E-state index contributed by atoms with van der Waals surface area (Å²) >= 11 is 6.02. The van der Waals surface area contributed by atoms with Crippen LogP contribution in [0.15, 0.2) is 6.20 Å². The lowest BCUT2D eigenvalue weighted by Gasteiger charge is -2.22. The highest BCUT2D eigenvalue weighted by molar-refractivity contribution is 6.31. The Hall–Kier alpha value is -2.11. The van der Waals surface area contributed by atoms with Gasteiger partial charge in [-0.25, -0.2) is 9.97 Å². The van der Waals surface area contributed by atoms with E-state index in [-0.39, 0.29) is 16.5 Å². The summed E-state index contributed by atoms with van der Waals surface area (Å²) in [5.74, 6) is 0. The second-order valence-corrected chi connectivity index (χ2v) is 4.38. The molecule has 5 nitrogen and oxygen atoms in total. The highest BCUT2D eigenvalue weighted by Gasteiger charge is 2.17. The largest absolute Gasteiger partial charge is 0.380 e. The lowest BCUT2D eigenvalue weighted by atomic mass is 10.0. The maximum absolute atomic E-state index is 8.94. The molecule has 90 valence electrons. The number of halogens is 1. The summed E-state index contributed by atoms with van der Waals surface area (Å²) in [6.07, 6.45) is 3.80. The van der Waals surface area contributed by atoms with Gasteiger partial charge in [0.15, 0.2) is 16.5 Å². The van der Waals surface area contributed by atoms with Crippen LogP contribution in [0.3, 0.4) is 0 Å². The first-order valence-electron chi connectivity index (χ1n) is 5.44. The molecule has 1 aromatic rings. The molecule has 0 atom stereocenters. The Morgan fingerprint density at radius 3 is 2.56 bits per heavy atom. The fraction of sp³-hybridized carbons (Fsp3) is 0.333. The van der Waals surface area contributed by atoms with Crippen molar-refractivity contribution < 1.29 is 0 Å². The molecule has 0 aromatic carbocycles. The third-order valence-corrected chi connectivity index (χ3v) is 2.97. The third-order valence-electron chi connectivity index (χ3n) is 2.70. The molecule has 0 unspecified atom stereocenters. The van der Waals surface area contributed by atoms with Crippen LogP contribution in [-0.4, -0.2) is 28.5 Å². The molecule has 0 bridgehead atoms. The maximum atomic E-state index is 8.94. The monoisotopic (exact) mass is 259 g/mol. The number of hydrogen-bond acceptors (Lipinski definition) is 5. The second-order valence-electron chi connectivity index (χ2n) is 4.02. The van der Waals surface area contributed by atoms with Gasteiger partial charge >= 0.3 is 0 Å². The number of rotatable bonds is 1. The third kappa shape index (κ3) is 2.27. The van der Waals surface area contributed by atoms with Crippen molar-refractivity contribution >= 4 is 17.2 Å². The van der Waals surface area contributed by atoms with E-state index >= 15 is 0 Å². The van der Waals surface area contributed by atoms with Crippen LogP contribution in [0.4, 0.5) is 0 Å². The van der Waals surface area contributed by atoms with Crippen molar-refractivity contribution in [2.24, 2.45) is 0 Å². The number of hydrogen-bond donors (Lipinski definition) is 0. The first-order chi connectivity index (χ1) is 8.65. The SMILES string of the molecule is CN1C=C(c2nc(C#N)c(C#N)nc2Cl)CCC1. The fourth-order valence-corrected chi connectivity index (χ4v) is 2.12. The van der Waals surface area contributed by atoms with E-state index in [0.717, 1.165) is 25.0 Å². The van der Waals surface area contributed by atoms with Gasteiger partial charge in [-0.05, 0) is 18.4 Å². The minimum Gasteiger partial charge on any atom is -0.380 e. The van der Waals surface area contributed by atoms with E-state index in [1.165, 1.54) is 0 Å². The van der Waals surface area contributed by atoms with Crippen LogP contribution in [0, 0.1) is 22.7 Å². The molecule has 0 spiro atoms. The summed E-state index contributed by atoms with van der Waals surface area (Å²) in [7, 11) is 1.97. The van der Waals surface area contributed by atoms with E-state index in [1.54, 1.807) is 0 Å². The lowest BCUT2D eigenvalue weighted by Crippen LogP contribution is -2.18. The highest BCUT2D eigenvalue weighted by Crippen LogP contribution is 2.27. The van der Waals surface area contributed by atoms with Gasteiger partial charge < -0.3 is 4.90 Å². The molecule has 6 heteroatoms. The molecule has 0 amide bonds. The first kappa shape index (κ1) is 12.3. The van der Waals surface area contributed by atoms with E-state index in [2.05, 4.69) is 9.97 Å². The van der Waals surface area contributed by atoms with E-state index in [4.69, 9.17) is 22.1 Å².